The number of benzene rings is 1. The van der Waals surface area contributed by atoms with Crippen molar-refractivity contribution >= 4 is 16.7 Å². The number of hydrogen-bond donors (Lipinski definition) is 1. The van der Waals surface area contributed by atoms with Crippen LogP contribution < -0.4 is 5.43 Å². The van der Waals surface area contributed by atoms with Crippen molar-refractivity contribution in [2.24, 2.45) is 0 Å². The molecule has 0 amide bonds. The number of carbonyl (C=O) groups is 1. The Bertz CT molecular complexity index is 861. The van der Waals surface area contributed by atoms with Crippen LogP contribution in [-0.2, 0) is 6.54 Å². The van der Waals surface area contributed by atoms with Crippen LogP contribution in [0.15, 0.2) is 29.1 Å². The Kier molecular flexibility index (Phi) is 5.69. The van der Waals surface area contributed by atoms with Gasteiger partial charge in [0.25, 0.3) is 0 Å². The van der Waals surface area contributed by atoms with Crippen LogP contribution in [-0.4, -0.2) is 53.3 Å². The number of nitrogens with one attached hydrogen (secondary N) is 1. The predicted octanol–water partition coefficient (Wildman–Crippen LogP) is 3.18. The number of rotatable bonds is 7. The molecule has 0 atom stereocenters. The number of Topliss-reactive ketones (excluding diaryl/α,β-unsaturated/α-hetero) is 1. The lowest BCUT2D eigenvalue weighted by Gasteiger charge is -2.18. The van der Waals surface area contributed by atoms with E-state index in [1.807, 2.05) is 24.3 Å². The number of ketones is 1. The molecule has 5 heteroatoms. The smallest absolute Gasteiger partial charge is 0.194 e. The molecule has 5 nitrogen and oxygen atoms in total. The summed E-state index contributed by atoms with van der Waals surface area (Å²) < 4.78 is 0. The van der Waals surface area contributed by atoms with Gasteiger partial charge in [-0.1, -0.05) is 12.1 Å². The van der Waals surface area contributed by atoms with Crippen molar-refractivity contribution in [2.45, 2.75) is 45.1 Å². The lowest BCUT2D eigenvalue weighted by molar-refractivity contribution is 0.0969. The molecule has 0 unspecified atom stereocenters. The molecule has 0 bridgehead atoms. The van der Waals surface area contributed by atoms with Crippen molar-refractivity contribution in [2.75, 3.05) is 32.7 Å². The summed E-state index contributed by atoms with van der Waals surface area (Å²) in [4.78, 5) is 34.1. The lowest BCUT2D eigenvalue weighted by atomic mass is 10.0. The SMILES string of the molecule is O=C(CCCN1CCCC1)c1[nH]c2ccccc2c(=O)c1CN1CCCC1. The highest BCUT2D eigenvalue weighted by Gasteiger charge is 2.22. The van der Waals surface area contributed by atoms with E-state index in [1.54, 1.807) is 0 Å². The zero-order valence-electron chi connectivity index (χ0n) is 16.0. The molecule has 27 heavy (non-hydrogen) atoms. The molecule has 2 aromatic rings. The molecule has 2 fully saturated rings. The topological polar surface area (TPSA) is 56.4 Å². The summed E-state index contributed by atoms with van der Waals surface area (Å²) in [7, 11) is 0. The molecule has 2 saturated heterocycles. The minimum atomic E-state index is 0.0131. The van der Waals surface area contributed by atoms with E-state index in [-0.39, 0.29) is 11.2 Å². The molecule has 1 N–H and O–H groups in total. The number of fused-ring (bicyclic) bond motifs is 1. The van der Waals surface area contributed by atoms with Gasteiger partial charge in [0.15, 0.2) is 11.2 Å². The van der Waals surface area contributed by atoms with Crippen LogP contribution in [0.5, 0.6) is 0 Å². The van der Waals surface area contributed by atoms with Gasteiger partial charge in [-0.05, 0) is 77.0 Å². The van der Waals surface area contributed by atoms with Crippen LogP contribution in [0, 0.1) is 0 Å². The van der Waals surface area contributed by atoms with E-state index >= 15 is 0 Å². The average molecular weight is 367 g/mol. The monoisotopic (exact) mass is 367 g/mol. The maximum absolute atomic E-state index is 13.1. The van der Waals surface area contributed by atoms with Gasteiger partial charge in [0.2, 0.25) is 0 Å². The third-order valence-electron chi connectivity index (χ3n) is 5.94. The largest absolute Gasteiger partial charge is 0.352 e. The van der Waals surface area contributed by atoms with E-state index in [4.69, 9.17) is 0 Å². The van der Waals surface area contributed by atoms with Crippen molar-refractivity contribution in [1.29, 1.82) is 0 Å². The van der Waals surface area contributed by atoms with E-state index in [1.165, 1.54) is 25.7 Å². The Morgan fingerprint density at radius 1 is 0.963 bits per heavy atom. The molecule has 1 aromatic heterocycles. The third kappa shape index (κ3) is 4.14. The second kappa shape index (κ2) is 8.36. The summed E-state index contributed by atoms with van der Waals surface area (Å²) in [5.74, 6) is 0.0752. The summed E-state index contributed by atoms with van der Waals surface area (Å²) in [6.07, 6.45) is 6.24. The molecule has 0 aliphatic carbocycles. The standard InChI is InChI=1S/C22H29N3O2/c26-20(10-7-15-24-11-3-4-12-24)21-18(16-25-13-5-6-14-25)22(27)17-8-1-2-9-19(17)23-21/h1-2,8-9H,3-7,10-16H2,(H,23,27). The van der Waals surface area contributed by atoms with Gasteiger partial charge in [-0.25, -0.2) is 0 Å². The van der Waals surface area contributed by atoms with Crippen LogP contribution in [0.2, 0.25) is 0 Å². The van der Waals surface area contributed by atoms with Crippen LogP contribution in [0.3, 0.4) is 0 Å². The van der Waals surface area contributed by atoms with Crippen molar-refractivity contribution in [3.05, 3.63) is 45.7 Å². The number of para-hydroxylation sites is 1. The van der Waals surface area contributed by atoms with E-state index in [2.05, 4.69) is 14.8 Å². The van der Waals surface area contributed by atoms with Crippen molar-refractivity contribution < 1.29 is 4.79 Å². The van der Waals surface area contributed by atoms with Crippen LogP contribution >= 0.6 is 0 Å². The van der Waals surface area contributed by atoms with Gasteiger partial charge in [-0.3, -0.25) is 14.5 Å². The number of H-pyrrole nitrogens is 1. The Morgan fingerprint density at radius 2 is 1.63 bits per heavy atom. The van der Waals surface area contributed by atoms with Crippen molar-refractivity contribution in [3.8, 4) is 0 Å². The molecule has 1 aromatic carbocycles. The molecule has 2 aliphatic heterocycles. The fraction of sp³-hybridized carbons (Fsp3) is 0.545. The Morgan fingerprint density at radius 3 is 2.37 bits per heavy atom. The van der Waals surface area contributed by atoms with Crippen LogP contribution in [0.25, 0.3) is 10.9 Å². The summed E-state index contributed by atoms with van der Waals surface area (Å²) in [6, 6.07) is 7.52. The molecule has 2 aliphatic rings. The second-order valence-electron chi connectivity index (χ2n) is 7.91. The van der Waals surface area contributed by atoms with E-state index in [0.29, 0.717) is 29.6 Å². The highest BCUT2D eigenvalue weighted by molar-refractivity contribution is 5.98. The van der Waals surface area contributed by atoms with Crippen LogP contribution in [0.1, 0.15) is 54.6 Å². The maximum atomic E-state index is 13.1. The van der Waals surface area contributed by atoms with Crippen molar-refractivity contribution in [3.63, 3.8) is 0 Å². The van der Waals surface area contributed by atoms with E-state index in [9.17, 15) is 9.59 Å². The fourth-order valence-corrected chi connectivity index (χ4v) is 4.42. The molecule has 0 radical (unpaired) electrons. The van der Waals surface area contributed by atoms with Gasteiger partial charge < -0.3 is 9.88 Å². The van der Waals surface area contributed by atoms with Gasteiger partial charge >= 0.3 is 0 Å². The highest BCUT2D eigenvalue weighted by Crippen LogP contribution is 2.18. The minimum absolute atomic E-state index is 0.0131. The summed E-state index contributed by atoms with van der Waals surface area (Å²) >= 11 is 0. The zero-order valence-corrected chi connectivity index (χ0v) is 16.0. The van der Waals surface area contributed by atoms with Gasteiger partial charge in [0, 0.05) is 29.4 Å². The Hall–Kier alpha value is -1.98. The predicted molar refractivity (Wildman–Crippen MR) is 108 cm³/mol. The first kappa shape index (κ1) is 18.4. The first-order valence-corrected chi connectivity index (χ1v) is 10.3. The molecule has 0 saturated carbocycles. The maximum Gasteiger partial charge on any atom is 0.194 e. The Labute approximate surface area is 160 Å². The zero-order chi connectivity index (χ0) is 18.6. The molecular weight excluding hydrogens is 338 g/mol. The van der Waals surface area contributed by atoms with E-state index < -0.39 is 0 Å². The summed E-state index contributed by atoms with van der Waals surface area (Å²) in [5, 5.41) is 0.681. The first-order valence-electron chi connectivity index (χ1n) is 10.3. The summed E-state index contributed by atoms with van der Waals surface area (Å²) in [5.41, 5.74) is 1.96. The lowest BCUT2D eigenvalue weighted by Crippen LogP contribution is -2.27. The third-order valence-corrected chi connectivity index (χ3v) is 5.94. The quantitative estimate of drug-likeness (QED) is 0.764. The minimum Gasteiger partial charge on any atom is -0.352 e. The molecular formula is C22H29N3O2. The number of aromatic nitrogens is 1. The van der Waals surface area contributed by atoms with Crippen LogP contribution in [0.4, 0.5) is 0 Å². The summed E-state index contributed by atoms with van der Waals surface area (Å²) in [6.45, 7) is 5.88. The first-order chi connectivity index (χ1) is 13.2. The molecule has 0 spiro atoms. The average Bonchev–Trinajstić information content (AvgIpc) is 3.38. The highest BCUT2D eigenvalue weighted by atomic mass is 16.1. The number of hydrogen-bond acceptors (Lipinski definition) is 4. The van der Waals surface area contributed by atoms with Gasteiger partial charge in [0.1, 0.15) is 0 Å². The normalized spacial score (nSPS) is 18.5. The van der Waals surface area contributed by atoms with Gasteiger partial charge in [-0.15, -0.1) is 0 Å². The van der Waals surface area contributed by atoms with Gasteiger partial charge in [-0.2, -0.15) is 0 Å². The second-order valence-corrected chi connectivity index (χ2v) is 7.91. The van der Waals surface area contributed by atoms with E-state index in [0.717, 1.165) is 44.7 Å². The molecule has 144 valence electrons. The molecule has 3 heterocycles. The van der Waals surface area contributed by atoms with Crippen molar-refractivity contribution in [1.82, 2.24) is 14.8 Å². The number of likely N-dealkylation sites (tertiary alicyclic amines) is 2. The molecule has 4 rings (SSSR count). The number of carbonyl (C=O) groups excluding carboxylic acids is 1. The number of nitrogens with zero attached hydrogens (tertiary/aromatic N) is 2. The number of aromatic amines is 1. The number of pyridine rings is 1. The van der Waals surface area contributed by atoms with Gasteiger partial charge in [0.05, 0.1) is 5.69 Å². The fourth-order valence-electron chi connectivity index (χ4n) is 4.42. The Balaban J connectivity index is 1.58.